The van der Waals surface area contributed by atoms with Crippen molar-refractivity contribution >= 4 is 11.9 Å². The monoisotopic (exact) mass is 308 g/mol. The lowest BCUT2D eigenvalue weighted by Gasteiger charge is -2.20. The number of carbonyl (C=O) groups is 2. The first-order chi connectivity index (χ1) is 10.6. The van der Waals surface area contributed by atoms with Crippen LogP contribution in [0, 0.1) is 0 Å². The van der Waals surface area contributed by atoms with Crippen molar-refractivity contribution in [2.45, 2.75) is 24.9 Å². The van der Waals surface area contributed by atoms with Gasteiger partial charge in [-0.1, -0.05) is 30.3 Å². The SMILES string of the molecule is CN[C@@H](CCc1ccccc1)C(=O)N[C@@H](COC)C(=O)OC. The Morgan fingerprint density at radius 3 is 2.36 bits per heavy atom. The molecule has 6 nitrogen and oxygen atoms in total. The maximum Gasteiger partial charge on any atom is 0.330 e. The van der Waals surface area contributed by atoms with E-state index in [1.165, 1.54) is 14.2 Å². The minimum Gasteiger partial charge on any atom is -0.467 e. The third kappa shape index (κ3) is 5.83. The van der Waals surface area contributed by atoms with Crippen molar-refractivity contribution in [1.82, 2.24) is 10.6 Å². The van der Waals surface area contributed by atoms with Gasteiger partial charge in [0, 0.05) is 7.11 Å². The van der Waals surface area contributed by atoms with Gasteiger partial charge in [-0.15, -0.1) is 0 Å². The summed E-state index contributed by atoms with van der Waals surface area (Å²) in [4.78, 5) is 23.9. The number of ether oxygens (including phenoxy) is 2. The Balaban J connectivity index is 2.57. The van der Waals surface area contributed by atoms with Crippen molar-refractivity contribution < 1.29 is 19.1 Å². The van der Waals surface area contributed by atoms with Crippen molar-refractivity contribution in [3.05, 3.63) is 35.9 Å². The molecule has 0 aliphatic rings. The highest BCUT2D eigenvalue weighted by Gasteiger charge is 2.25. The number of hydrogen-bond donors (Lipinski definition) is 2. The molecule has 1 aromatic carbocycles. The van der Waals surface area contributed by atoms with Crippen LogP contribution in [0.3, 0.4) is 0 Å². The predicted octanol–water partition coefficient (Wildman–Crippen LogP) is 0.511. The fourth-order valence-corrected chi connectivity index (χ4v) is 2.11. The van der Waals surface area contributed by atoms with E-state index in [4.69, 9.17) is 4.74 Å². The van der Waals surface area contributed by atoms with Gasteiger partial charge in [0.05, 0.1) is 19.8 Å². The molecule has 0 radical (unpaired) electrons. The zero-order chi connectivity index (χ0) is 16.4. The number of carbonyl (C=O) groups excluding carboxylic acids is 2. The predicted molar refractivity (Wildman–Crippen MR) is 83.4 cm³/mol. The Morgan fingerprint density at radius 1 is 1.14 bits per heavy atom. The molecule has 0 bridgehead atoms. The molecule has 6 heteroatoms. The lowest BCUT2D eigenvalue weighted by molar-refractivity contribution is -0.146. The highest BCUT2D eigenvalue weighted by Crippen LogP contribution is 2.05. The van der Waals surface area contributed by atoms with E-state index in [9.17, 15) is 9.59 Å². The van der Waals surface area contributed by atoms with Crippen molar-refractivity contribution in [3.8, 4) is 0 Å². The summed E-state index contributed by atoms with van der Waals surface area (Å²) in [7, 11) is 4.47. The second-order valence-electron chi connectivity index (χ2n) is 4.91. The Bertz CT molecular complexity index is 464. The molecule has 0 heterocycles. The van der Waals surface area contributed by atoms with E-state index >= 15 is 0 Å². The van der Waals surface area contributed by atoms with E-state index in [1.807, 2.05) is 30.3 Å². The number of nitrogens with one attached hydrogen (secondary N) is 2. The molecule has 0 unspecified atom stereocenters. The third-order valence-corrected chi connectivity index (χ3v) is 3.36. The lowest BCUT2D eigenvalue weighted by atomic mass is 10.0. The molecule has 0 aliphatic heterocycles. The van der Waals surface area contributed by atoms with Gasteiger partial charge >= 0.3 is 5.97 Å². The average Bonchev–Trinajstić information content (AvgIpc) is 2.55. The van der Waals surface area contributed by atoms with E-state index in [0.717, 1.165) is 12.0 Å². The van der Waals surface area contributed by atoms with Gasteiger partial charge in [-0.2, -0.15) is 0 Å². The Labute approximate surface area is 131 Å². The summed E-state index contributed by atoms with van der Waals surface area (Å²) in [6.45, 7) is 0.0769. The minimum atomic E-state index is -0.796. The first-order valence-corrected chi connectivity index (χ1v) is 7.20. The number of esters is 1. The van der Waals surface area contributed by atoms with E-state index in [0.29, 0.717) is 6.42 Å². The summed E-state index contributed by atoms with van der Waals surface area (Å²) in [6, 6.07) is 8.75. The topological polar surface area (TPSA) is 76.7 Å². The maximum atomic E-state index is 12.3. The third-order valence-electron chi connectivity index (χ3n) is 3.36. The summed E-state index contributed by atoms with van der Waals surface area (Å²) in [5.41, 5.74) is 1.16. The van der Waals surface area contributed by atoms with Crippen LogP contribution in [0.15, 0.2) is 30.3 Å². The van der Waals surface area contributed by atoms with E-state index in [1.54, 1.807) is 7.05 Å². The summed E-state index contributed by atoms with van der Waals surface area (Å²) < 4.78 is 9.59. The van der Waals surface area contributed by atoms with Gasteiger partial charge in [0.1, 0.15) is 0 Å². The smallest absolute Gasteiger partial charge is 0.330 e. The Hall–Kier alpha value is -1.92. The molecule has 122 valence electrons. The molecule has 1 rings (SSSR count). The first-order valence-electron chi connectivity index (χ1n) is 7.20. The van der Waals surface area contributed by atoms with Crippen LogP contribution in [0.4, 0.5) is 0 Å². The number of hydrogen-bond acceptors (Lipinski definition) is 5. The van der Waals surface area contributed by atoms with Crippen molar-refractivity contribution in [1.29, 1.82) is 0 Å². The normalized spacial score (nSPS) is 13.2. The molecule has 0 aromatic heterocycles. The van der Waals surface area contributed by atoms with Gasteiger partial charge in [0.15, 0.2) is 6.04 Å². The molecular formula is C16H24N2O4. The van der Waals surface area contributed by atoms with Gasteiger partial charge in [0.2, 0.25) is 5.91 Å². The van der Waals surface area contributed by atoms with Crippen LogP contribution < -0.4 is 10.6 Å². The van der Waals surface area contributed by atoms with Gasteiger partial charge in [-0.05, 0) is 25.5 Å². The summed E-state index contributed by atoms with van der Waals surface area (Å²) >= 11 is 0. The molecule has 0 aliphatic carbocycles. The molecule has 2 N–H and O–H groups in total. The van der Waals surface area contributed by atoms with E-state index < -0.39 is 12.0 Å². The molecule has 0 saturated carbocycles. The lowest BCUT2D eigenvalue weighted by Crippen LogP contribution is -2.51. The molecule has 0 spiro atoms. The number of benzene rings is 1. The first kappa shape index (κ1) is 18.1. The van der Waals surface area contributed by atoms with E-state index in [2.05, 4.69) is 15.4 Å². The van der Waals surface area contributed by atoms with Gasteiger partial charge < -0.3 is 20.1 Å². The second kappa shape index (κ2) is 9.92. The number of amides is 1. The van der Waals surface area contributed by atoms with Crippen LogP contribution in [-0.2, 0) is 25.5 Å². The highest BCUT2D eigenvalue weighted by molar-refractivity contribution is 5.87. The quantitative estimate of drug-likeness (QED) is 0.650. The zero-order valence-corrected chi connectivity index (χ0v) is 13.3. The molecule has 0 fully saturated rings. The van der Waals surface area contributed by atoms with Crippen molar-refractivity contribution in [3.63, 3.8) is 0 Å². The van der Waals surface area contributed by atoms with Crippen LogP contribution >= 0.6 is 0 Å². The zero-order valence-electron chi connectivity index (χ0n) is 13.3. The Kier molecular flexibility index (Phi) is 8.17. The van der Waals surface area contributed by atoms with Crippen LogP contribution in [0.25, 0.3) is 0 Å². The fourth-order valence-electron chi connectivity index (χ4n) is 2.11. The molecule has 0 saturated heterocycles. The van der Waals surface area contributed by atoms with Gasteiger partial charge in [-0.3, -0.25) is 4.79 Å². The van der Waals surface area contributed by atoms with Crippen LogP contribution in [0.1, 0.15) is 12.0 Å². The van der Waals surface area contributed by atoms with Gasteiger partial charge in [0.25, 0.3) is 0 Å². The average molecular weight is 308 g/mol. The van der Waals surface area contributed by atoms with Crippen LogP contribution in [-0.4, -0.2) is 51.8 Å². The van der Waals surface area contributed by atoms with Crippen molar-refractivity contribution in [2.24, 2.45) is 0 Å². The highest BCUT2D eigenvalue weighted by atomic mass is 16.5. The summed E-state index contributed by atoms with van der Waals surface area (Å²) in [6.07, 6.45) is 1.40. The fraction of sp³-hybridized carbons (Fsp3) is 0.500. The molecular weight excluding hydrogens is 284 g/mol. The van der Waals surface area contributed by atoms with Crippen LogP contribution in [0.5, 0.6) is 0 Å². The maximum absolute atomic E-state index is 12.3. The van der Waals surface area contributed by atoms with Gasteiger partial charge in [-0.25, -0.2) is 4.79 Å². The largest absolute Gasteiger partial charge is 0.467 e. The number of rotatable bonds is 9. The number of likely N-dealkylation sites (N-methyl/N-ethyl adjacent to an activating group) is 1. The summed E-state index contributed by atoms with van der Waals surface area (Å²) in [5, 5.41) is 5.63. The molecule has 2 atom stereocenters. The number of aryl methyl sites for hydroxylation is 1. The van der Waals surface area contributed by atoms with Crippen LogP contribution in [0.2, 0.25) is 0 Å². The Morgan fingerprint density at radius 2 is 1.82 bits per heavy atom. The molecule has 22 heavy (non-hydrogen) atoms. The molecule has 1 amide bonds. The number of methoxy groups -OCH3 is 2. The van der Waals surface area contributed by atoms with Crippen molar-refractivity contribution in [2.75, 3.05) is 27.9 Å². The molecule has 1 aromatic rings. The van der Waals surface area contributed by atoms with E-state index in [-0.39, 0.29) is 18.6 Å². The second-order valence-corrected chi connectivity index (χ2v) is 4.91. The summed E-state index contributed by atoms with van der Waals surface area (Å²) in [5.74, 6) is -0.765. The minimum absolute atomic E-state index is 0.0769. The standard InChI is InChI=1S/C16H24N2O4/c1-17-13(10-9-12-7-5-4-6-8-12)15(19)18-14(11-21-2)16(20)22-3/h4-8,13-14,17H,9-11H2,1-3H3,(H,18,19)/t13-,14-/m0/s1.